The summed E-state index contributed by atoms with van der Waals surface area (Å²) in [4.78, 5) is 19.1. The molecule has 4 nitrogen and oxygen atoms in total. The Balaban J connectivity index is 1.19. The quantitative estimate of drug-likeness (QED) is 0.628. The topological polar surface area (TPSA) is 42.4 Å². The molecule has 0 saturated carbocycles. The largest absolute Gasteiger partial charge is 0.368 e. The first-order chi connectivity index (χ1) is 14.8. The molecule has 5 rings (SSSR count). The molecule has 154 valence electrons. The molecule has 3 aromatic rings. The van der Waals surface area contributed by atoms with E-state index in [0.717, 1.165) is 62.9 Å². The number of fused-ring (bicyclic) bond motifs is 1. The lowest BCUT2D eigenvalue weighted by molar-refractivity contribution is -0.142. The van der Waals surface area contributed by atoms with E-state index in [1.54, 1.807) is 0 Å². The van der Waals surface area contributed by atoms with E-state index < -0.39 is 0 Å². The number of piperidine rings is 1. The van der Waals surface area contributed by atoms with E-state index >= 15 is 0 Å². The fourth-order valence-electron chi connectivity index (χ4n) is 4.73. The molecule has 0 aliphatic carbocycles. The maximum atomic E-state index is 12.5. The third-order valence-electron chi connectivity index (χ3n) is 6.53. The van der Waals surface area contributed by atoms with Crippen LogP contribution in [0.25, 0.3) is 22.0 Å². The Morgan fingerprint density at radius 1 is 1.00 bits per heavy atom. The average Bonchev–Trinajstić information content (AvgIpc) is 3.34. The van der Waals surface area contributed by atoms with Crippen molar-refractivity contribution >= 4 is 16.8 Å². The van der Waals surface area contributed by atoms with Gasteiger partial charge in [0.05, 0.1) is 5.52 Å². The Hall–Kier alpha value is -2.72. The van der Waals surface area contributed by atoms with Crippen LogP contribution in [0.2, 0.25) is 0 Å². The second-order valence-corrected chi connectivity index (χ2v) is 8.59. The number of carbonyl (C=O) groups excluding carboxylic acids is 1. The normalized spacial score (nSPS) is 20.0. The molecule has 4 heteroatoms. The third-order valence-corrected chi connectivity index (χ3v) is 6.53. The summed E-state index contributed by atoms with van der Waals surface area (Å²) >= 11 is 0. The van der Waals surface area contributed by atoms with Gasteiger partial charge in [0, 0.05) is 36.8 Å². The summed E-state index contributed by atoms with van der Waals surface area (Å²) in [5.41, 5.74) is 4.76. The van der Waals surface area contributed by atoms with Crippen molar-refractivity contribution in [1.82, 2.24) is 9.88 Å². The summed E-state index contributed by atoms with van der Waals surface area (Å²) in [6.45, 7) is 2.46. The van der Waals surface area contributed by atoms with E-state index in [1.165, 1.54) is 16.5 Å². The Morgan fingerprint density at radius 2 is 1.80 bits per heavy atom. The third kappa shape index (κ3) is 4.10. The number of benzene rings is 2. The number of pyridine rings is 1. The van der Waals surface area contributed by atoms with Gasteiger partial charge in [0.1, 0.15) is 6.10 Å². The molecule has 2 aromatic carbocycles. The predicted octanol–water partition coefficient (Wildman–Crippen LogP) is 4.86. The Bertz CT molecular complexity index is 1020. The van der Waals surface area contributed by atoms with Crippen LogP contribution in [0.1, 0.15) is 31.2 Å². The standard InChI is InChI=1S/C26H28N2O2/c29-26(25-6-3-15-30-25)28-13-11-20(12-14-28)16-19-7-9-21(10-8-19)23-17-22-4-1-2-5-24(22)27-18-23/h1-2,4-5,7-10,17-18,20,25H,3,6,11-16H2/t25-/m0/s1. The summed E-state index contributed by atoms with van der Waals surface area (Å²) in [6, 6.07) is 19.3. The number of ether oxygens (including phenoxy) is 1. The van der Waals surface area contributed by atoms with Crippen molar-refractivity contribution in [3.63, 3.8) is 0 Å². The highest BCUT2D eigenvalue weighted by molar-refractivity contribution is 5.83. The molecule has 3 heterocycles. The van der Waals surface area contributed by atoms with Crippen molar-refractivity contribution in [2.75, 3.05) is 19.7 Å². The van der Waals surface area contributed by atoms with Crippen LogP contribution in [-0.4, -0.2) is 41.6 Å². The van der Waals surface area contributed by atoms with E-state index in [0.29, 0.717) is 5.92 Å². The number of para-hydroxylation sites is 1. The summed E-state index contributed by atoms with van der Waals surface area (Å²) in [7, 11) is 0. The van der Waals surface area contributed by atoms with Gasteiger partial charge in [-0.1, -0.05) is 42.5 Å². The molecule has 1 amide bonds. The van der Waals surface area contributed by atoms with Gasteiger partial charge in [-0.25, -0.2) is 0 Å². The van der Waals surface area contributed by atoms with Gasteiger partial charge >= 0.3 is 0 Å². The molecule has 0 bridgehead atoms. The van der Waals surface area contributed by atoms with Gasteiger partial charge in [0.25, 0.3) is 5.91 Å². The number of carbonyl (C=O) groups is 1. The van der Waals surface area contributed by atoms with Crippen LogP contribution in [-0.2, 0) is 16.0 Å². The molecule has 30 heavy (non-hydrogen) atoms. The van der Waals surface area contributed by atoms with Gasteiger partial charge in [-0.3, -0.25) is 9.78 Å². The first-order valence-corrected chi connectivity index (χ1v) is 11.1. The number of nitrogens with zero attached hydrogens (tertiary/aromatic N) is 2. The lowest BCUT2D eigenvalue weighted by atomic mass is 9.89. The zero-order chi connectivity index (χ0) is 20.3. The number of aromatic nitrogens is 1. The lowest BCUT2D eigenvalue weighted by Crippen LogP contribution is -2.44. The van der Waals surface area contributed by atoms with E-state index in [9.17, 15) is 4.79 Å². The molecule has 2 saturated heterocycles. The number of rotatable bonds is 4. The van der Waals surface area contributed by atoms with Crippen molar-refractivity contribution in [3.8, 4) is 11.1 Å². The van der Waals surface area contributed by atoms with Crippen molar-refractivity contribution in [3.05, 3.63) is 66.4 Å². The van der Waals surface area contributed by atoms with Crippen molar-refractivity contribution in [1.29, 1.82) is 0 Å². The highest BCUT2D eigenvalue weighted by Gasteiger charge is 2.30. The highest BCUT2D eigenvalue weighted by Crippen LogP contribution is 2.27. The molecular weight excluding hydrogens is 372 g/mol. The zero-order valence-electron chi connectivity index (χ0n) is 17.3. The predicted molar refractivity (Wildman–Crippen MR) is 119 cm³/mol. The average molecular weight is 401 g/mol. The minimum absolute atomic E-state index is 0.182. The second kappa shape index (κ2) is 8.57. The van der Waals surface area contributed by atoms with Crippen LogP contribution in [0.4, 0.5) is 0 Å². The van der Waals surface area contributed by atoms with Crippen LogP contribution in [0.15, 0.2) is 60.8 Å². The number of hydrogen-bond donors (Lipinski definition) is 0. The SMILES string of the molecule is O=C([C@@H]1CCCO1)N1CCC(Cc2ccc(-c3cnc4ccccc4c3)cc2)CC1. The monoisotopic (exact) mass is 400 g/mol. The van der Waals surface area contributed by atoms with Crippen molar-refractivity contribution in [2.24, 2.45) is 5.92 Å². The minimum atomic E-state index is -0.182. The zero-order valence-corrected chi connectivity index (χ0v) is 17.3. The van der Waals surface area contributed by atoms with E-state index in [4.69, 9.17) is 4.74 Å². The molecular formula is C26H28N2O2. The van der Waals surface area contributed by atoms with Gasteiger partial charge in [-0.15, -0.1) is 0 Å². The van der Waals surface area contributed by atoms with Gasteiger partial charge in [0.15, 0.2) is 0 Å². The molecule has 2 fully saturated rings. The fourth-order valence-corrected chi connectivity index (χ4v) is 4.73. The van der Waals surface area contributed by atoms with Gasteiger partial charge in [-0.2, -0.15) is 0 Å². The van der Waals surface area contributed by atoms with E-state index in [2.05, 4.69) is 47.4 Å². The first kappa shape index (κ1) is 19.3. The summed E-state index contributed by atoms with van der Waals surface area (Å²) in [5, 5.41) is 1.17. The highest BCUT2D eigenvalue weighted by atomic mass is 16.5. The Labute approximate surface area is 177 Å². The summed E-state index contributed by atoms with van der Waals surface area (Å²) < 4.78 is 5.57. The number of amides is 1. The van der Waals surface area contributed by atoms with Gasteiger partial charge < -0.3 is 9.64 Å². The minimum Gasteiger partial charge on any atom is -0.368 e. The van der Waals surface area contributed by atoms with Crippen LogP contribution in [0.5, 0.6) is 0 Å². The lowest BCUT2D eigenvalue weighted by Gasteiger charge is -2.33. The van der Waals surface area contributed by atoms with Crippen LogP contribution in [0, 0.1) is 5.92 Å². The number of hydrogen-bond acceptors (Lipinski definition) is 3. The molecule has 0 unspecified atom stereocenters. The molecule has 0 radical (unpaired) electrons. The maximum Gasteiger partial charge on any atom is 0.251 e. The molecule has 0 spiro atoms. The van der Waals surface area contributed by atoms with Crippen LogP contribution in [0.3, 0.4) is 0 Å². The first-order valence-electron chi connectivity index (χ1n) is 11.1. The Morgan fingerprint density at radius 3 is 2.57 bits per heavy atom. The Kier molecular flexibility index (Phi) is 5.50. The van der Waals surface area contributed by atoms with Crippen molar-refractivity contribution in [2.45, 2.75) is 38.2 Å². The molecule has 2 aliphatic heterocycles. The molecule has 2 aliphatic rings. The molecule has 0 N–H and O–H groups in total. The summed E-state index contributed by atoms with van der Waals surface area (Å²) in [6.07, 6.45) is 6.91. The van der Waals surface area contributed by atoms with E-state index in [-0.39, 0.29) is 12.0 Å². The smallest absolute Gasteiger partial charge is 0.251 e. The maximum absolute atomic E-state index is 12.5. The fraction of sp³-hybridized carbons (Fsp3) is 0.385. The second-order valence-electron chi connectivity index (χ2n) is 8.59. The summed E-state index contributed by atoms with van der Waals surface area (Å²) in [5.74, 6) is 0.853. The van der Waals surface area contributed by atoms with Crippen LogP contribution < -0.4 is 0 Å². The van der Waals surface area contributed by atoms with Crippen LogP contribution >= 0.6 is 0 Å². The molecule has 1 atom stereocenters. The number of likely N-dealkylation sites (tertiary alicyclic amines) is 1. The van der Waals surface area contributed by atoms with Gasteiger partial charge in [-0.05, 0) is 61.3 Å². The van der Waals surface area contributed by atoms with Gasteiger partial charge in [0.2, 0.25) is 0 Å². The molecule has 1 aromatic heterocycles. The van der Waals surface area contributed by atoms with E-state index in [1.807, 2.05) is 23.2 Å². The van der Waals surface area contributed by atoms with Crippen molar-refractivity contribution < 1.29 is 9.53 Å².